The molecule has 1 heterocycles. The van der Waals surface area contributed by atoms with Crippen LogP contribution in [0.2, 0.25) is 0 Å². The summed E-state index contributed by atoms with van der Waals surface area (Å²) in [7, 11) is 1.51. The van der Waals surface area contributed by atoms with Crippen molar-refractivity contribution in [3.8, 4) is 0 Å². The summed E-state index contributed by atoms with van der Waals surface area (Å²) >= 11 is 0. The third-order valence-corrected chi connectivity index (χ3v) is 1.86. The van der Waals surface area contributed by atoms with Crippen LogP contribution in [0.4, 0.5) is 0 Å². The Labute approximate surface area is 73.9 Å². The first-order valence-electron chi connectivity index (χ1n) is 3.56. The number of amidine groups is 1. The molecule has 0 fully saturated rings. The van der Waals surface area contributed by atoms with E-state index in [9.17, 15) is 10.0 Å². The molecule has 2 unspecified atom stereocenters. The number of hydrogen-bond acceptors (Lipinski definition) is 6. The molecular weight excluding hydrogens is 178 g/mol. The number of hydroxylamine groups is 1. The predicted molar refractivity (Wildman–Crippen MR) is 42.3 cm³/mol. The molecule has 0 aromatic carbocycles. The van der Waals surface area contributed by atoms with Gasteiger partial charge in [0.2, 0.25) is 0 Å². The summed E-state index contributed by atoms with van der Waals surface area (Å²) in [5.41, 5.74) is 10.7. The first-order valence-corrected chi connectivity index (χ1v) is 3.56. The molecule has 0 aliphatic carbocycles. The van der Waals surface area contributed by atoms with Crippen LogP contribution in [-0.4, -0.2) is 46.1 Å². The van der Waals surface area contributed by atoms with Crippen LogP contribution in [0.25, 0.3) is 0 Å². The highest BCUT2D eigenvalue weighted by Gasteiger charge is 2.40. The number of likely N-dealkylation sites (N-methyl/N-ethyl adjacent to an activating group) is 1. The van der Waals surface area contributed by atoms with Crippen LogP contribution < -0.4 is 16.8 Å². The second-order valence-electron chi connectivity index (χ2n) is 2.62. The SMILES string of the molecule is CNC1C(N)=[N+]([O-])N(O)C(=O)C1N. The molecule has 0 radical (unpaired) electrons. The molecule has 1 aliphatic heterocycles. The van der Waals surface area contributed by atoms with Gasteiger partial charge in [-0.3, -0.25) is 10.5 Å². The minimum Gasteiger partial charge on any atom is -0.690 e. The maximum atomic E-state index is 11.1. The lowest BCUT2D eigenvalue weighted by Gasteiger charge is -2.31. The molecule has 0 aromatic rings. The van der Waals surface area contributed by atoms with Gasteiger partial charge in [0, 0.05) is 0 Å². The van der Waals surface area contributed by atoms with Gasteiger partial charge in [-0.25, -0.2) is 5.21 Å². The van der Waals surface area contributed by atoms with Crippen molar-refractivity contribution in [2.75, 3.05) is 7.05 Å². The van der Waals surface area contributed by atoms with Crippen LogP contribution in [0.1, 0.15) is 0 Å². The van der Waals surface area contributed by atoms with Crippen molar-refractivity contribution < 1.29 is 14.8 Å². The van der Waals surface area contributed by atoms with E-state index in [-0.39, 0.29) is 15.9 Å². The quantitative estimate of drug-likeness (QED) is 0.196. The Hall–Kier alpha value is -1.38. The Kier molecular flexibility index (Phi) is 2.36. The summed E-state index contributed by atoms with van der Waals surface area (Å²) in [5.74, 6) is -1.15. The van der Waals surface area contributed by atoms with E-state index >= 15 is 0 Å². The molecule has 8 heteroatoms. The number of carbonyl (C=O) groups is 1. The molecule has 8 nitrogen and oxygen atoms in total. The molecule has 1 aliphatic rings. The van der Waals surface area contributed by atoms with E-state index < -0.39 is 18.0 Å². The Balaban J connectivity index is 3.08. The van der Waals surface area contributed by atoms with Crippen LogP contribution >= 0.6 is 0 Å². The fourth-order valence-electron chi connectivity index (χ4n) is 1.11. The van der Waals surface area contributed by atoms with Gasteiger partial charge in [-0.05, 0) is 12.2 Å². The minimum atomic E-state index is -1.06. The number of amides is 1. The molecule has 74 valence electrons. The van der Waals surface area contributed by atoms with E-state index in [2.05, 4.69) is 5.32 Å². The van der Waals surface area contributed by atoms with Crippen LogP contribution in [0, 0.1) is 5.21 Å². The third-order valence-electron chi connectivity index (χ3n) is 1.86. The van der Waals surface area contributed by atoms with Crippen molar-refractivity contribution in [3.63, 3.8) is 0 Å². The highest BCUT2D eigenvalue weighted by Crippen LogP contribution is 2.03. The van der Waals surface area contributed by atoms with Crippen LogP contribution in [0.15, 0.2) is 0 Å². The van der Waals surface area contributed by atoms with E-state index in [1.165, 1.54) is 7.05 Å². The number of hydrogen-bond donors (Lipinski definition) is 4. The lowest BCUT2D eigenvalue weighted by molar-refractivity contribution is -0.693. The molecule has 13 heavy (non-hydrogen) atoms. The highest BCUT2D eigenvalue weighted by atomic mass is 16.7. The Bertz CT molecular complexity index is 265. The average molecular weight is 189 g/mol. The Morgan fingerprint density at radius 2 is 2.31 bits per heavy atom. The van der Waals surface area contributed by atoms with E-state index in [4.69, 9.17) is 16.7 Å². The van der Waals surface area contributed by atoms with E-state index in [0.29, 0.717) is 0 Å². The van der Waals surface area contributed by atoms with Gasteiger partial charge in [0.05, 0.1) is 0 Å². The van der Waals surface area contributed by atoms with E-state index in [1.807, 2.05) is 0 Å². The summed E-state index contributed by atoms with van der Waals surface area (Å²) < 4.78 is 0. The minimum absolute atomic E-state index is 0.104. The molecule has 0 bridgehead atoms. The molecule has 0 spiro atoms. The second-order valence-corrected chi connectivity index (χ2v) is 2.62. The lowest BCUT2D eigenvalue weighted by atomic mass is 10.1. The van der Waals surface area contributed by atoms with Gasteiger partial charge in [0.25, 0.3) is 5.84 Å². The lowest BCUT2D eigenvalue weighted by Crippen LogP contribution is -2.66. The monoisotopic (exact) mass is 189 g/mol. The first kappa shape index (κ1) is 9.71. The van der Waals surface area contributed by atoms with E-state index in [1.54, 1.807) is 0 Å². The van der Waals surface area contributed by atoms with Crippen LogP contribution in [-0.2, 0) is 4.79 Å². The summed E-state index contributed by atoms with van der Waals surface area (Å²) in [4.78, 5) is 10.9. The number of nitrogens with two attached hydrogens (primary N) is 2. The molecule has 0 saturated heterocycles. The van der Waals surface area contributed by atoms with Crippen LogP contribution in [0.3, 0.4) is 0 Å². The van der Waals surface area contributed by atoms with Gasteiger partial charge >= 0.3 is 5.91 Å². The van der Waals surface area contributed by atoms with Crippen molar-refractivity contribution in [1.82, 2.24) is 10.5 Å². The van der Waals surface area contributed by atoms with Gasteiger partial charge in [0.15, 0.2) is 0 Å². The molecule has 6 N–H and O–H groups in total. The molecule has 1 rings (SSSR count). The van der Waals surface area contributed by atoms with Gasteiger partial charge in [-0.15, -0.1) is 4.85 Å². The van der Waals surface area contributed by atoms with E-state index in [0.717, 1.165) is 0 Å². The van der Waals surface area contributed by atoms with Crippen molar-refractivity contribution in [2.45, 2.75) is 12.1 Å². The number of hydrazine groups is 1. The molecule has 0 saturated carbocycles. The number of hydrazone groups is 1. The zero-order valence-electron chi connectivity index (χ0n) is 6.97. The summed E-state index contributed by atoms with van der Waals surface area (Å²) in [5, 5.41) is 22.3. The number of carbonyl (C=O) groups excluding carboxylic acids is 1. The van der Waals surface area contributed by atoms with Crippen molar-refractivity contribution in [2.24, 2.45) is 11.5 Å². The predicted octanol–water partition coefficient (Wildman–Crippen LogP) is -3.08. The second kappa shape index (κ2) is 3.17. The third kappa shape index (κ3) is 1.30. The fourth-order valence-corrected chi connectivity index (χ4v) is 1.11. The average Bonchev–Trinajstić information content (AvgIpc) is 2.13. The first-order chi connectivity index (χ1) is 6.00. The normalized spacial score (nSPS) is 29.8. The fraction of sp³-hybridized carbons (Fsp3) is 0.600. The summed E-state index contributed by atoms with van der Waals surface area (Å²) in [6.07, 6.45) is 0. The molecule has 1 amide bonds. The van der Waals surface area contributed by atoms with Crippen molar-refractivity contribution in [3.05, 3.63) is 5.21 Å². The van der Waals surface area contributed by atoms with Gasteiger partial charge < -0.3 is 16.3 Å². The molecule has 0 aromatic heterocycles. The smallest absolute Gasteiger partial charge is 0.307 e. The summed E-state index contributed by atoms with van der Waals surface area (Å²) in [6, 6.07) is -1.81. The zero-order valence-corrected chi connectivity index (χ0v) is 6.97. The van der Waals surface area contributed by atoms with Crippen molar-refractivity contribution in [1.29, 1.82) is 0 Å². The highest BCUT2D eigenvalue weighted by molar-refractivity contribution is 5.93. The van der Waals surface area contributed by atoms with Gasteiger partial charge in [-0.1, -0.05) is 0 Å². The zero-order chi connectivity index (χ0) is 10.2. The number of nitrogens with zero attached hydrogens (tertiary/aromatic N) is 2. The topological polar surface area (TPSA) is 131 Å². The van der Waals surface area contributed by atoms with Gasteiger partial charge in [-0.2, -0.15) is 0 Å². The molecular formula is C5H11N5O3. The number of rotatable bonds is 1. The maximum Gasteiger partial charge on any atom is 0.307 e. The number of nitrogens with one attached hydrogen (secondary N) is 1. The Morgan fingerprint density at radius 3 is 2.77 bits per heavy atom. The molecule has 2 atom stereocenters. The van der Waals surface area contributed by atoms with Crippen molar-refractivity contribution >= 4 is 11.7 Å². The maximum absolute atomic E-state index is 11.1. The standard InChI is InChI=1S/C5H11N5O3/c1-8-3-2(6)5(11)10(13)9(12)4(3)7/h2-3,8,13H,6-7H2,1H3. The van der Waals surface area contributed by atoms with Crippen LogP contribution in [0.5, 0.6) is 0 Å². The summed E-state index contributed by atoms with van der Waals surface area (Å²) in [6.45, 7) is 0. The largest absolute Gasteiger partial charge is 0.690 e. The van der Waals surface area contributed by atoms with Gasteiger partial charge in [0.1, 0.15) is 12.1 Å². The Morgan fingerprint density at radius 1 is 1.77 bits per heavy atom.